The summed E-state index contributed by atoms with van der Waals surface area (Å²) in [7, 11) is 1.38. The van der Waals surface area contributed by atoms with Crippen molar-refractivity contribution in [3.8, 4) is 0 Å². The second-order valence-corrected chi connectivity index (χ2v) is 4.98. The third-order valence-corrected chi connectivity index (χ3v) is 3.62. The first-order chi connectivity index (χ1) is 10.3. The van der Waals surface area contributed by atoms with Gasteiger partial charge in [0, 0.05) is 5.69 Å². The van der Waals surface area contributed by atoms with Gasteiger partial charge in [-0.15, -0.1) is 0 Å². The molecule has 0 saturated carbocycles. The highest BCUT2D eigenvalue weighted by atomic mass is 16.5. The maximum Gasteiger partial charge on any atom is 0.337 e. The van der Waals surface area contributed by atoms with Gasteiger partial charge in [0.1, 0.15) is 0 Å². The molecule has 0 spiro atoms. The number of hydrogen-bond donors (Lipinski definition) is 1. The van der Waals surface area contributed by atoms with Gasteiger partial charge in [-0.1, -0.05) is 24.3 Å². The van der Waals surface area contributed by atoms with Gasteiger partial charge in [0.2, 0.25) is 0 Å². The van der Waals surface area contributed by atoms with Crippen LogP contribution in [0.15, 0.2) is 48.5 Å². The summed E-state index contributed by atoms with van der Waals surface area (Å²) >= 11 is 0. The Morgan fingerprint density at radius 2 is 1.95 bits per heavy atom. The van der Waals surface area contributed by atoms with Crippen molar-refractivity contribution >= 4 is 11.7 Å². The number of hydrogen-bond acceptors (Lipinski definition) is 4. The van der Waals surface area contributed by atoms with Crippen LogP contribution in [0.2, 0.25) is 0 Å². The van der Waals surface area contributed by atoms with Gasteiger partial charge in [-0.05, 0) is 35.4 Å². The Morgan fingerprint density at radius 1 is 1.19 bits per heavy atom. The molecule has 0 aromatic heterocycles. The smallest absolute Gasteiger partial charge is 0.337 e. The molecule has 108 valence electrons. The van der Waals surface area contributed by atoms with Crippen LogP contribution in [0, 0.1) is 0 Å². The van der Waals surface area contributed by atoms with Gasteiger partial charge in [0.25, 0.3) is 0 Å². The summed E-state index contributed by atoms with van der Waals surface area (Å²) in [5.41, 5.74) is 3.98. The van der Waals surface area contributed by atoms with Crippen molar-refractivity contribution < 1.29 is 14.3 Å². The summed E-state index contributed by atoms with van der Waals surface area (Å²) in [6.07, 6.45) is 0. The fourth-order valence-electron chi connectivity index (χ4n) is 2.52. The molecule has 2 aromatic carbocycles. The average molecular weight is 283 g/mol. The summed E-state index contributed by atoms with van der Waals surface area (Å²) < 4.78 is 10.3. The minimum absolute atomic E-state index is 0.124. The van der Waals surface area contributed by atoms with Crippen molar-refractivity contribution in [2.45, 2.75) is 12.6 Å². The maximum absolute atomic E-state index is 11.4. The molecule has 4 heteroatoms. The Balaban J connectivity index is 1.77. The molecule has 1 heterocycles. The number of esters is 1. The zero-order valence-electron chi connectivity index (χ0n) is 11.8. The number of ether oxygens (including phenoxy) is 2. The largest absolute Gasteiger partial charge is 0.465 e. The van der Waals surface area contributed by atoms with Crippen LogP contribution in [0.4, 0.5) is 5.69 Å². The van der Waals surface area contributed by atoms with Gasteiger partial charge < -0.3 is 14.8 Å². The number of rotatable bonds is 3. The molecule has 0 fully saturated rings. The molecule has 21 heavy (non-hydrogen) atoms. The van der Waals surface area contributed by atoms with Crippen molar-refractivity contribution in [2.75, 3.05) is 19.0 Å². The molecule has 2 aromatic rings. The molecule has 1 N–H and O–H groups in total. The topological polar surface area (TPSA) is 47.6 Å². The zero-order chi connectivity index (χ0) is 14.7. The van der Waals surface area contributed by atoms with Gasteiger partial charge in [0.05, 0.1) is 31.9 Å². The first-order valence-corrected chi connectivity index (χ1v) is 6.88. The van der Waals surface area contributed by atoms with Crippen LogP contribution in [-0.2, 0) is 16.1 Å². The van der Waals surface area contributed by atoms with Crippen LogP contribution < -0.4 is 5.32 Å². The normalized spacial score (nSPS) is 16.9. The van der Waals surface area contributed by atoms with Crippen LogP contribution in [0.3, 0.4) is 0 Å². The van der Waals surface area contributed by atoms with Crippen LogP contribution in [0.5, 0.6) is 0 Å². The predicted molar refractivity (Wildman–Crippen MR) is 80.2 cm³/mol. The molecule has 0 amide bonds. The number of carbonyl (C=O) groups is 1. The first-order valence-electron chi connectivity index (χ1n) is 6.88. The number of nitrogens with one attached hydrogen (secondary N) is 1. The summed E-state index contributed by atoms with van der Waals surface area (Å²) in [6, 6.07) is 15.7. The Hall–Kier alpha value is -2.33. The SMILES string of the molecule is COC(=O)c1ccc(NC2COCc3ccccc32)cc1. The minimum atomic E-state index is -0.326. The van der Waals surface area contributed by atoms with E-state index >= 15 is 0 Å². The zero-order valence-corrected chi connectivity index (χ0v) is 11.8. The molecule has 0 radical (unpaired) electrons. The van der Waals surface area contributed by atoms with E-state index in [1.165, 1.54) is 18.2 Å². The fourth-order valence-corrected chi connectivity index (χ4v) is 2.52. The monoisotopic (exact) mass is 283 g/mol. The van der Waals surface area contributed by atoms with Crippen LogP contribution in [0.25, 0.3) is 0 Å². The van der Waals surface area contributed by atoms with Crippen molar-refractivity contribution in [3.63, 3.8) is 0 Å². The molecule has 3 rings (SSSR count). The number of carbonyl (C=O) groups excluding carboxylic acids is 1. The Labute approximate surface area is 123 Å². The van der Waals surface area contributed by atoms with E-state index in [0.717, 1.165) is 5.69 Å². The van der Waals surface area contributed by atoms with Crippen molar-refractivity contribution in [1.29, 1.82) is 0 Å². The van der Waals surface area contributed by atoms with Crippen LogP contribution in [0.1, 0.15) is 27.5 Å². The molecule has 1 unspecified atom stereocenters. The lowest BCUT2D eigenvalue weighted by Crippen LogP contribution is -2.23. The summed E-state index contributed by atoms with van der Waals surface area (Å²) in [6.45, 7) is 1.30. The fraction of sp³-hybridized carbons (Fsp3) is 0.235. The average Bonchev–Trinajstić information content (AvgIpc) is 2.55. The summed E-state index contributed by atoms with van der Waals surface area (Å²) in [5.74, 6) is -0.326. The Morgan fingerprint density at radius 3 is 2.71 bits per heavy atom. The standard InChI is InChI=1S/C17H17NO3/c1-20-17(19)12-6-8-14(9-7-12)18-16-11-21-10-13-4-2-3-5-15(13)16/h2-9,16,18H,10-11H2,1H3. The van der Waals surface area contributed by atoms with Crippen LogP contribution >= 0.6 is 0 Å². The molecule has 0 aliphatic carbocycles. The molecular formula is C17H17NO3. The van der Waals surface area contributed by atoms with Gasteiger partial charge in [-0.3, -0.25) is 0 Å². The number of anilines is 1. The Bertz CT molecular complexity index is 637. The number of fused-ring (bicyclic) bond motifs is 1. The van der Waals surface area contributed by atoms with Crippen LogP contribution in [-0.4, -0.2) is 19.7 Å². The lowest BCUT2D eigenvalue weighted by molar-refractivity contribution is 0.0600. The highest BCUT2D eigenvalue weighted by molar-refractivity contribution is 5.89. The van der Waals surface area contributed by atoms with Gasteiger partial charge in [-0.2, -0.15) is 0 Å². The quantitative estimate of drug-likeness (QED) is 0.879. The lowest BCUT2D eigenvalue weighted by atomic mass is 9.99. The van der Waals surface area contributed by atoms with E-state index < -0.39 is 0 Å². The molecule has 1 aliphatic rings. The summed E-state index contributed by atoms with van der Waals surface area (Å²) in [5, 5.41) is 3.44. The number of benzene rings is 2. The number of methoxy groups -OCH3 is 1. The second kappa shape index (κ2) is 5.97. The molecule has 1 aliphatic heterocycles. The van der Waals surface area contributed by atoms with Crippen molar-refractivity contribution in [3.05, 3.63) is 65.2 Å². The lowest BCUT2D eigenvalue weighted by Gasteiger charge is -2.27. The van der Waals surface area contributed by atoms with E-state index in [0.29, 0.717) is 18.8 Å². The Kier molecular flexibility index (Phi) is 3.88. The summed E-state index contributed by atoms with van der Waals surface area (Å²) in [4.78, 5) is 11.4. The van der Waals surface area contributed by atoms with E-state index in [4.69, 9.17) is 9.47 Å². The van der Waals surface area contributed by atoms with Crippen molar-refractivity contribution in [1.82, 2.24) is 0 Å². The van der Waals surface area contributed by atoms with E-state index in [9.17, 15) is 4.79 Å². The maximum atomic E-state index is 11.4. The molecule has 4 nitrogen and oxygen atoms in total. The third-order valence-electron chi connectivity index (χ3n) is 3.62. The van der Waals surface area contributed by atoms with Crippen molar-refractivity contribution in [2.24, 2.45) is 0 Å². The van der Waals surface area contributed by atoms with E-state index in [1.807, 2.05) is 24.3 Å². The van der Waals surface area contributed by atoms with Gasteiger partial charge in [0.15, 0.2) is 0 Å². The van der Waals surface area contributed by atoms with E-state index in [1.54, 1.807) is 12.1 Å². The van der Waals surface area contributed by atoms with Gasteiger partial charge in [-0.25, -0.2) is 4.79 Å². The highest BCUT2D eigenvalue weighted by Crippen LogP contribution is 2.27. The van der Waals surface area contributed by atoms with E-state index in [2.05, 4.69) is 17.4 Å². The minimum Gasteiger partial charge on any atom is -0.465 e. The second-order valence-electron chi connectivity index (χ2n) is 4.98. The van der Waals surface area contributed by atoms with Gasteiger partial charge >= 0.3 is 5.97 Å². The molecule has 0 bridgehead atoms. The molecule has 0 saturated heterocycles. The molecule has 1 atom stereocenters. The third kappa shape index (κ3) is 2.90. The van der Waals surface area contributed by atoms with E-state index in [-0.39, 0.29) is 12.0 Å². The highest BCUT2D eigenvalue weighted by Gasteiger charge is 2.20. The first kappa shape index (κ1) is 13.6. The molecular weight excluding hydrogens is 266 g/mol. The predicted octanol–water partition coefficient (Wildman–Crippen LogP) is 3.16.